The van der Waals surface area contributed by atoms with Gasteiger partial charge >= 0.3 is 0 Å². The molecule has 0 aromatic rings. The molecular formula is C8H17N2O2P. The highest BCUT2D eigenvalue weighted by Crippen LogP contribution is 2.16. The van der Waals surface area contributed by atoms with Crippen molar-refractivity contribution < 1.29 is 9.79 Å². The molecule has 0 radical (unpaired) electrons. The molecule has 0 aliphatic carbocycles. The van der Waals surface area contributed by atoms with Crippen LogP contribution in [0.15, 0.2) is 17.3 Å². The number of nitrogens with zero attached hydrogens (tertiary/aromatic N) is 1. The van der Waals surface area contributed by atoms with Crippen LogP contribution in [0.2, 0.25) is 0 Å². The first-order valence-electron chi connectivity index (χ1n) is 4.31. The molecule has 0 rings (SSSR count). The Morgan fingerprint density at radius 2 is 2.00 bits per heavy atom. The van der Waals surface area contributed by atoms with E-state index in [-0.39, 0.29) is 0 Å². The van der Waals surface area contributed by atoms with E-state index < -0.39 is 8.38 Å². The van der Waals surface area contributed by atoms with Gasteiger partial charge in [0.15, 0.2) is 0 Å². The average Bonchev–Trinajstić information content (AvgIpc) is 2.09. The maximum atomic E-state index is 8.47. The van der Waals surface area contributed by atoms with Crippen molar-refractivity contribution in [2.24, 2.45) is 10.7 Å². The summed E-state index contributed by atoms with van der Waals surface area (Å²) in [6.07, 6.45) is 7.69. The molecule has 0 spiro atoms. The lowest BCUT2D eigenvalue weighted by atomic mass is 10.2. The molecule has 0 aromatic carbocycles. The van der Waals surface area contributed by atoms with Gasteiger partial charge in [-0.25, -0.2) is 0 Å². The Kier molecular flexibility index (Phi) is 9.32. The number of nitrogens with two attached hydrogens (primary N) is 1. The van der Waals surface area contributed by atoms with Crippen LogP contribution in [0.4, 0.5) is 0 Å². The average molecular weight is 204 g/mol. The molecule has 0 fully saturated rings. The normalized spacial score (nSPS) is 12.2. The molecule has 0 bridgehead atoms. The summed E-state index contributed by atoms with van der Waals surface area (Å²) in [6.45, 7) is 0.673. The summed E-state index contributed by atoms with van der Waals surface area (Å²) in [6, 6.07) is 0. The topological polar surface area (TPSA) is 78.8 Å². The standard InChI is InChI=1S/C8H17N2O2P/c9-6-4-2-1-3-5-7-10-8-13(11)12/h4,6,8,11-12H,1-3,5,7,9H2. The quantitative estimate of drug-likeness (QED) is 0.332. The van der Waals surface area contributed by atoms with Crippen molar-refractivity contribution in [3.05, 3.63) is 12.3 Å². The first-order valence-corrected chi connectivity index (χ1v) is 5.62. The molecular weight excluding hydrogens is 187 g/mol. The van der Waals surface area contributed by atoms with E-state index in [0.717, 1.165) is 25.7 Å². The highest BCUT2D eigenvalue weighted by molar-refractivity contribution is 7.61. The Morgan fingerprint density at radius 1 is 1.23 bits per heavy atom. The first-order chi connectivity index (χ1) is 6.27. The summed E-state index contributed by atoms with van der Waals surface area (Å²) >= 11 is 0. The molecule has 4 N–H and O–H groups in total. The van der Waals surface area contributed by atoms with E-state index in [1.54, 1.807) is 6.20 Å². The maximum absolute atomic E-state index is 8.47. The van der Waals surface area contributed by atoms with Gasteiger partial charge in [0.2, 0.25) is 8.38 Å². The smallest absolute Gasteiger partial charge is 0.211 e. The van der Waals surface area contributed by atoms with Crippen molar-refractivity contribution in [2.75, 3.05) is 6.54 Å². The van der Waals surface area contributed by atoms with Crippen molar-refractivity contribution in [1.82, 2.24) is 0 Å². The molecule has 0 atom stereocenters. The Morgan fingerprint density at radius 3 is 2.62 bits per heavy atom. The number of allylic oxidation sites excluding steroid dienone is 1. The zero-order chi connectivity index (χ0) is 9.94. The predicted molar refractivity (Wildman–Crippen MR) is 56.5 cm³/mol. The summed E-state index contributed by atoms with van der Waals surface area (Å²) in [4.78, 5) is 20.8. The van der Waals surface area contributed by atoms with Crippen LogP contribution < -0.4 is 5.73 Å². The first kappa shape index (κ1) is 12.6. The molecule has 5 heteroatoms. The van der Waals surface area contributed by atoms with Crippen LogP contribution in [0.1, 0.15) is 25.7 Å². The van der Waals surface area contributed by atoms with E-state index in [9.17, 15) is 0 Å². The second-order valence-electron chi connectivity index (χ2n) is 2.62. The Balaban J connectivity index is 3.08. The van der Waals surface area contributed by atoms with Gasteiger partial charge < -0.3 is 15.5 Å². The van der Waals surface area contributed by atoms with Crippen LogP contribution >= 0.6 is 8.38 Å². The molecule has 0 aliphatic heterocycles. The van der Waals surface area contributed by atoms with Gasteiger partial charge in [-0.1, -0.05) is 12.5 Å². The van der Waals surface area contributed by atoms with E-state index in [0.29, 0.717) is 6.54 Å². The number of unbranched alkanes of at least 4 members (excludes halogenated alkanes) is 3. The van der Waals surface area contributed by atoms with Gasteiger partial charge in [-0.15, -0.1) is 0 Å². The number of aliphatic imine (C=N–C) groups is 1. The molecule has 0 unspecified atom stereocenters. The van der Waals surface area contributed by atoms with Crippen molar-refractivity contribution in [3.63, 3.8) is 0 Å². The molecule has 0 aromatic heterocycles. The van der Waals surface area contributed by atoms with Crippen molar-refractivity contribution >= 4 is 14.3 Å². The summed E-state index contributed by atoms with van der Waals surface area (Å²) < 4.78 is 0. The minimum atomic E-state index is -1.95. The highest BCUT2D eigenvalue weighted by atomic mass is 31.2. The Hall–Kier alpha value is -0.440. The molecule has 0 aliphatic rings. The zero-order valence-electron chi connectivity index (χ0n) is 7.63. The van der Waals surface area contributed by atoms with Gasteiger partial charge in [-0.2, -0.15) is 0 Å². The van der Waals surface area contributed by atoms with Gasteiger partial charge in [0.25, 0.3) is 0 Å². The van der Waals surface area contributed by atoms with Gasteiger partial charge in [0, 0.05) is 6.54 Å². The number of hydrogen-bond donors (Lipinski definition) is 3. The second-order valence-corrected chi connectivity index (χ2v) is 3.49. The van der Waals surface area contributed by atoms with Crippen LogP contribution in [0, 0.1) is 0 Å². The SMILES string of the molecule is NC=CCCCCCN=CP(O)O. The lowest BCUT2D eigenvalue weighted by Gasteiger charge is -1.95. The number of rotatable bonds is 7. The summed E-state index contributed by atoms with van der Waals surface area (Å²) in [5.74, 6) is 1.20. The minimum Gasteiger partial charge on any atom is -0.405 e. The third-order valence-corrected chi connectivity index (χ3v) is 1.85. The third kappa shape index (κ3) is 11.6. The fourth-order valence-electron chi connectivity index (χ4n) is 0.869. The van der Waals surface area contributed by atoms with E-state index in [1.165, 1.54) is 5.96 Å². The lowest BCUT2D eigenvalue weighted by molar-refractivity contribution is 0.501. The second kappa shape index (κ2) is 9.65. The fourth-order valence-corrected chi connectivity index (χ4v) is 1.13. The van der Waals surface area contributed by atoms with Crippen LogP contribution in [0.3, 0.4) is 0 Å². The van der Waals surface area contributed by atoms with E-state index in [2.05, 4.69) is 4.99 Å². The molecule has 4 nitrogen and oxygen atoms in total. The largest absolute Gasteiger partial charge is 0.405 e. The van der Waals surface area contributed by atoms with Gasteiger partial charge in [-0.05, 0) is 25.5 Å². The lowest BCUT2D eigenvalue weighted by Crippen LogP contribution is -1.83. The minimum absolute atomic E-state index is 0.673. The summed E-state index contributed by atoms with van der Waals surface area (Å²) in [5, 5.41) is 0. The molecule has 0 saturated carbocycles. The highest BCUT2D eigenvalue weighted by Gasteiger charge is 1.89. The van der Waals surface area contributed by atoms with Crippen molar-refractivity contribution in [3.8, 4) is 0 Å². The molecule has 13 heavy (non-hydrogen) atoms. The number of hydrogen-bond acceptors (Lipinski definition) is 4. The van der Waals surface area contributed by atoms with Gasteiger partial charge in [0.1, 0.15) is 0 Å². The fraction of sp³-hybridized carbons (Fsp3) is 0.625. The van der Waals surface area contributed by atoms with Crippen molar-refractivity contribution in [2.45, 2.75) is 25.7 Å². The maximum Gasteiger partial charge on any atom is 0.211 e. The van der Waals surface area contributed by atoms with Crippen LogP contribution in [-0.2, 0) is 0 Å². The Labute approximate surface area is 80.1 Å². The van der Waals surface area contributed by atoms with Crippen LogP contribution in [0.5, 0.6) is 0 Å². The third-order valence-electron chi connectivity index (χ3n) is 1.48. The van der Waals surface area contributed by atoms with Gasteiger partial charge in [-0.3, -0.25) is 4.99 Å². The van der Waals surface area contributed by atoms with E-state index in [4.69, 9.17) is 15.5 Å². The van der Waals surface area contributed by atoms with Crippen molar-refractivity contribution in [1.29, 1.82) is 0 Å². The summed E-state index contributed by atoms with van der Waals surface area (Å²) in [5.41, 5.74) is 5.17. The molecule has 0 heterocycles. The van der Waals surface area contributed by atoms with Gasteiger partial charge in [0.05, 0.1) is 5.96 Å². The molecule has 0 amide bonds. The van der Waals surface area contributed by atoms with E-state index >= 15 is 0 Å². The van der Waals surface area contributed by atoms with Crippen LogP contribution in [0.25, 0.3) is 0 Å². The summed E-state index contributed by atoms with van der Waals surface area (Å²) in [7, 11) is -1.95. The molecule has 76 valence electrons. The van der Waals surface area contributed by atoms with E-state index in [1.807, 2.05) is 6.08 Å². The predicted octanol–water partition coefficient (Wildman–Crippen LogP) is 1.34. The monoisotopic (exact) mass is 204 g/mol. The Bertz CT molecular complexity index is 160. The zero-order valence-corrected chi connectivity index (χ0v) is 8.53. The molecule has 0 saturated heterocycles. The van der Waals surface area contributed by atoms with Crippen LogP contribution in [-0.4, -0.2) is 22.3 Å².